The van der Waals surface area contributed by atoms with Gasteiger partial charge in [-0.2, -0.15) is 0 Å². The summed E-state index contributed by atoms with van der Waals surface area (Å²) in [7, 11) is 0. The third-order valence-corrected chi connectivity index (χ3v) is 4.64. The van der Waals surface area contributed by atoms with Crippen LogP contribution in [0.5, 0.6) is 0 Å². The van der Waals surface area contributed by atoms with Crippen LogP contribution in [0.2, 0.25) is 5.02 Å². The van der Waals surface area contributed by atoms with E-state index in [0.29, 0.717) is 23.8 Å². The van der Waals surface area contributed by atoms with E-state index in [1.807, 2.05) is 37.8 Å². The van der Waals surface area contributed by atoms with Gasteiger partial charge in [0.15, 0.2) is 0 Å². The Morgan fingerprint density at radius 2 is 2.22 bits per heavy atom. The first-order valence-corrected chi connectivity index (χ1v) is 8.34. The highest BCUT2D eigenvalue weighted by molar-refractivity contribution is 6.33. The summed E-state index contributed by atoms with van der Waals surface area (Å²) in [6.45, 7) is 7.29. The summed E-state index contributed by atoms with van der Waals surface area (Å²) >= 11 is 6.15. The summed E-state index contributed by atoms with van der Waals surface area (Å²) < 4.78 is 0. The second-order valence-corrected chi connectivity index (χ2v) is 6.64. The Morgan fingerprint density at radius 1 is 1.48 bits per heavy atom. The van der Waals surface area contributed by atoms with Gasteiger partial charge in [-0.3, -0.25) is 14.5 Å². The van der Waals surface area contributed by atoms with Crippen LogP contribution in [-0.4, -0.2) is 41.9 Å². The SMILES string of the molecule is CCCC1(C)C(=O)NCCN1CC(=O)Nc1ccc(C)cc1Cl. The number of amides is 2. The average Bonchev–Trinajstić information content (AvgIpc) is 2.48. The molecule has 2 N–H and O–H groups in total. The molecule has 1 aliphatic heterocycles. The fourth-order valence-electron chi connectivity index (χ4n) is 2.98. The van der Waals surface area contributed by atoms with Crippen LogP contribution in [0.4, 0.5) is 5.69 Å². The molecule has 1 aromatic carbocycles. The first-order valence-electron chi connectivity index (χ1n) is 7.96. The largest absolute Gasteiger partial charge is 0.353 e. The number of piperazine rings is 1. The van der Waals surface area contributed by atoms with Crippen molar-refractivity contribution >= 4 is 29.1 Å². The van der Waals surface area contributed by atoms with Crippen molar-refractivity contribution in [1.82, 2.24) is 10.2 Å². The van der Waals surface area contributed by atoms with Crippen LogP contribution in [0, 0.1) is 6.92 Å². The smallest absolute Gasteiger partial charge is 0.240 e. The average molecular weight is 338 g/mol. The maximum atomic E-state index is 12.4. The van der Waals surface area contributed by atoms with Crippen molar-refractivity contribution in [1.29, 1.82) is 0 Å². The molecule has 6 heteroatoms. The Balaban J connectivity index is 2.07. The van der Waals surface area contributed by atoms with Crippen LogP contribution in [0.15, 0.2) is 18.2 Å². The second kappa shape index (κ2) is 7.32. The molecule has 1 saturated heterocycles. The molecule has 0 bridgehead atoms. The van der Waals surface area contributed by atoms with Crippen molar-refractivity contribution in [3.8, 4) is 0 Å². The van der Waals surface area contributed by atoms with Gasteiger partial charge in [-0.05, 0) is 38.0 Å². The Kier molecular flexibility index (Phi) is 5.65. The van der Waals surface area contributed by atoms with Gasteiger partial charge in [0.2, 0.25) is 11.8 Å². The summed E-state index contributed by atoms with van der Waals surface area (Å²) in [5, 5.41) is 6.25. The lowest BCUT2D eigenvalue weighted by Crippen LogP contribution is -2.64. The maximum absolute atomic E-state index is 12.4. The van der Waals surface area contributed by atoms with E-state index in [-0.39, 0.29) is 18.4 Å². The first kappa shape index (κ1) is 17.8. The van der Waals surface area contributed by atoms with E-state index >= 15 is 0 Å². The molecule has 5 nitrogen and oxygen atoms in total. The number of hydrogen-bond donors (Lipinski definition) is 2. The first-order chi connectivity index (χ1) is 10.9. The minimum atomic E-state index is -0.637. The Labute approximate surface area is 142 Å². The molecular weight excluding hydrogens is 314 g/mol. The van der Waals surface area contributed by atoms with E-state index in [1.54, 1.807) is 6.07 Å². The lowest BCUT2D eigenvalue weighted by atomic mass is 9.90. The Hall–Kier alpha value is -1.59. The highest BCUT2D eigenvalue weighted by Crippen LogP contribution is 2.25. The molecule has 1 atom stereocenters. The second-order valence-electron chi connectivity index (χ2n) is 6.23. The normalized spacial score (nSPS) is 21.8. The van der Waals surface area contributed by atoms with Crippen molar-refractivity contribution in [2.24, 2.45) is 0 Å². The molecule has 1 aromatic rings. The number of nitrogens with zero attached hydrogens (tertiary/aromatic N) is 1. The van der Waals surface area contributed by atoms with Gasteiger partial charge in [0.05, 0.1) is 22.8 Å². The number of carbonyl (C=O) groups is 2. The van der Waals surface area contributed by atoms with Crippen molar-refractivity contribution in [2.75, 3.05) is 25.0 Å². The van der Waals surface area contributed by atoms with Crippen LogP contribution >= 0.6 is 11.6 Å². The van der Waals surface area contributed by atoms with Crippen molar-refractivity contribution in [3.05, 3.63) is 28.8 Å². The van der Waals surface area contributed by atoms with E-state index in [1.165, 1.54) is 0 Å². The fourth-order valence-corrected chi connectivity index (χ4v) is 3.26. The number of benzene rings is 1. The quantitative estimate of drug-likeness (QED) is 0.868. The van der Waals surface area contributed by atoms with E-state index in [0.717, 1.165) is 18.4 Å². The van der Waals surface area contributed by atoms with Crippen LogP contribution in [-0.2, 0) is 9.59 Å². The molecule has 2 rings (SSSR count). The molecule has 0 spiro atoms. The number of halogens is 1. The lowest BCUT2D eigenvalue weighted by molar-refractivity contribution is -0.138. The fraction of sp³-hybridized carbons (Fsp3) is 0.529. The highest BCUT2D eigenvalue weighted by Gasteiger charge is 2.41. The molecule has 0 radical (unpaired) electrons. The zero-order chi connectivity index (χ0) is 17.0. The van der Waals surface area contributed by atoms with E-state index in [9.17, 15) is 9.59 Å². The van der Waals surface area contributed by atoms with Crippen LogP contribution in [0.25, 0.3) is 0 Å². The third kappa shape index (κ3) is 4.03. The molecule has 1 fully saturated rings. The van der Waals surface area contributed by atoms with Crippen LogP contribution < -0.4 is 10.6 Å². The molecule has 0 aromatic heterocycles. The summed E-state index contributed by atoms with van der Waals surface area (Å²) in [4.78, 5) is 26.6. The van der Waals surface area contributed by atoms with E-state index < -0.39 is 5.54 Å². The van der Waals surface area contributed by atoms with Gasteiger partial charge in [0, 0.05) is 13.1 Å². The van der Waals surface area contributed by atoms with Gasteiger partial charge in [0.25, 0.3) is 0 Å². The summed E-state index contributed by atoms with van der Waals surface area (Å²) in [6, 6.07) is 5.51. The Bertz CT molecular complexity index is 606. The molecule has 1 heterocycles. The minimum Gasteiger partial charge on any atom is -0.353 e. The monoisotopic (exact) mass is 337 g/mol. The van der Waals surface area contributed by atoms with Crippen molar-refractivity contribution < 1.29 is 9.59 Å². The number of aryl methyl sites for hydroxylation is 1. The number of nitrogens with one attached hydrogen (secondary N) is 2. The summed E-state index contributed by atoms with van der Waals surface area (Å²) in [6.07, 6.45) is 1.60. The number of rotatable bonds is 5. The van der Waals surface area contributed by atoms with Gasteiger partial charge >= 0.3 is 0 Å². The van der Waals surface area contributed by atoms with Crippen LogP contribution in [0.3, 0.4) is 0 Å². The van der Waals surface area contributed by atoms with Gasteiger partial charge in [0.1, 0.15) is 0 Å². The van der Waals surface area contributed by atoms with Gasteiger partial charge < -0.3 is 10.6 Å². The topological polar surface area (TPSA) is 61.4 Å². The standard InChI is InChI=1S/C17H24ClN3O2/c1-4-7-17(3)16(23)19-8-9-21(17)11-15(22)20-14-6-5-12(2)10-13(14)18/h5-6,10H,4,7-9,11H2,1-3H3,(H,19,23)(H,20,22). The predicted molar refractivity (Wildman–Crippen MR) is 92.7 cm³/mol. The molecule has 1 aliphatic rings. The van der Waals surface area contributed by atoms with Crippen molar-refractivity contribution in [3.63, 3.8) is 0 Å². The molecule has 2 amide bonds. The Morgan fingerprint density at radius 3 is 2.87 bits per heavy atom. The highest BCUT2D eigenvalue weighted by atomic mass is 35.5. The molecule has 1 unspecified atom stereocenters. The molecule has 0 aliphatic carbocycles. The number of carbonyl (C=O) groups excluding carboxylic acids is 2. The van der Waals surface area contributed by atoms with E-state index in [2.05, 4.69) is 10.6 Å². The summed E-state index contributed by atoms with van der Waals surface area (Å²) in [5.74, 6) is -0.167. The number of hydrogen-bond acceptors (Lipinski definition) is 3. The molecular formula is C17H24ClN3O2. The van der Waals surface area contributed by atoms with Crippen LogP contribution in [0.1, 0.15) is 32.3 Å². The molecule has 126 valence electrons. The maximum Gasteiger partial charge on any atom is 0.240 e. The van der Waals surface area contributed by atoms with Gasteiger partial charge in [-0.15, -0.1) is 0 Å². The summed E-state index contributed by atoms with van der Waals surface area (Å²) in [5.41, 5.74) is 0.999. The zero-order valence-electron chi connectivity index (χ0n) is 13.9. The van der Waals surface area contributed by atoms with Gasteiger partial charge in [-0.1, -0.05) is 31.0 Å². The molecule has 0 saturated carbocycles. The zero-order valence-corrected chi connectivity index (χ0v) is 14.7. The number of anilines is 1. The van der Waals surface area contributed by atoms with Gasteiger partial charge in [-0.25, -0.2) is 0 Å². The van der Waals surface area contributed by atoms with E-state index in [4.69, 9.17) is 11.6 Å². The predicted octanol–water partition coefficient (Wildman–Crippen LogP) is 2.58. The third-order valence-electron chi connectivity index (χ3n) is 4.32. The molecule has 23 heavy (non-hydrogen) atoms. The van der Waals surface area contributed by atoms with Crippen molar-refractivity contribution in [2.45, 2.75) is 39.2 Å². The lowest BCUT2D eigenvalue weighted by Gasteiger charge is -2.43. The minimum absolute atomic E-state index is 0.00762.